The predicted octanol–water partition coefficient (Wildman–Crippen LogP) is 5.16. The number of anilines is 1. The Balaban J connectivity index is 1.34. The fourth-order valence-electron chi connectivity index (χ4n) is 4.71. The van der Waals surface area contributed by atoms with Gasteiger partial charge in [0, 0.05) is 55.6 Å². The van der Waals surface area contributed by atoms with Crippen molar-refractivity contribution in [3.05, 3.63) is 78.4 Å². The van der Waals surface area contributed by atoms with Gasteiger partial charge in [-0.2, -0.15) is 0 Å². The van der Waals surface area contributed by atoms with Crippen molar-refractivity contribution in [2.75, 3.05) is 38.2 Å². The van der Waals surface area contributed by atoms with E-state index in [2.05, 4.69) is 35.9 Å². The summed E-state index contributed by atoms with van der Waals surface area (Å²) in [6, 6.07) is 22.4. The van der Waals surface area contributed by atoms with Gasteiger partial charge in [0.1, 0.15) is 11.5 Å². The summed E-state index contributed by atoms with van der Waals surface area (Å²) in [4.78, 5) is 17.8. The number of phenolic OH excluding ortho intramolecular Hbond substituents is 1. The van der Waals surface area contributed by atoms with Crippen LogP contribution in [0.2, 0.25) is 0 Å². The number of hydrogen-bond donors (Lipinski definition) is 2. The molecule has 7 nitrogen and oxygen atoms in total. The number of aromatic hydroxyl groups is 1. The van der Waals surface area contributed by atoms with Gasteiger partial charge < -0.3 is 24.8 Å². The third-order valence-corrected chi connectivity index (χ3v) is 6.86. The molecule has 1 saturated heterocycles. The smallest absolute Gasteiger partial charge is 0.251 e. The van der Waals surface area contributed by atoms with E-state index in [1.54, 1.807) is 37.4 Å². The lowest BCUT2D eigenvalue weighted by Crippen LogP contribution is -2.56. The summed E-state index contributed by atoms with van der Waals surface area (Å²) < 4.78 is 11.3. The van der Waals surface area contributed by atoms with E-state index in [1.807, 2.05) is 42.5 Å². The van der Waals surface area contributed by atoms with E-state index in [0.29, 0.717) is 28.9 Å². The van der Waals surface area contributed by atoms with Crippen molar-refractivity contribution in [2.45, 2.75) is 32.9 Å². The van der Waals surface area contributed by atoms with Crippen LogP contribution in [0.3, 0.4) is 0 Å². The standard InChI is InChI=1S/C30H37N3O4/c1-21(2)27(20-32-16-17-33(22(3)19-32)24-8-7-9-25(34)18-24)31-30(35)23-12-14-26(15-13-23)37-29-11-6-5-10-28(29)36-4/h5-15,18,21-22,27,34H,16-17,19-20H2,1-4H3,(H,31,35)/t22-,27?/m0/s1. The van der Waals surface area contributed by atoms with E-state index in [9.17, 15) is 9.90 Å². The van der Waals surface area contributed by atoms with Crippen molar-refractivity contribution in [1.29, 1.82) is 0 Å². The summed E-state index contributed by atoms with van der Waals surface area (Å²) in [5.74, 6) is 2.40. The maximum Gasteiger partial charge on any atom is 0.251 e. The number of piperazine rings is 1. The maximum absolute atomic E-state index is 13.1. The van der Waals surface area contributed by atoms with Gasteiger partial charge in [-0.25, -0.2) is 0 Å². The third kappa shape index (κ3) is 6.74. The van der Waals surface area contributed by atoms with Crippen LogP contribution in [-0.2, 0) is 0 Å². The maximum atomic E-state index is 13.1. The molecule has 7 heteroatoms. The zero-order valence-electron chi connectivity index (χ0n) is 22.1. The van der Waals surface area contributed by atoms with Gasteiger partial charge in [-0.1, -0.05) is 32.0 Å². The predicted molar refractivity (Wildman–Crippen MR) is 147 cm³/mol. The van der Waals surface area contributed by atoms with Gasteiger partial charge in [-0.3, -0.25) is 9.69 Å². The molecule has 1 aliphatic rings. The van der Waals surface area contributed by atoms with Crippen LogP contribution >= 0.6 is 0 Å². The first-order chi connectivity index (χ1) is 17.8. The Labute approximate surface area is 219 Å². The number of hydrogen-bond acceptors (Lipinski definition) is 6. The minimum Gasteiger partial charge on any atom is -0.508 e. The fraction of sp³-hybridized carbons (Fsp3) is 0.367. The minimum absolute atomic E-state index is 0.0246. The molecular formula is C30H37N3O4. The lowest BCUT2D eigenvalue weighted by atomic mass is 10.0. The second kappa shape index (κ2) is 12.0. The highest BCUT2D eigenvalue weighted by Crippen LogP contribution is 2.31. The van der Waals surface area contributed by atoms with Crippen molar-refractivity contribution in [2.24, 2.45) is 5.92 Å². The molecule has 0 aromatic heterocycles. The normalized spacial score (nSPS) is 16.9. The first-order valence-corrected chi connectivity index (χ1v) is 12.8. The average molecular weight is 504 g/mol. The van der Waals surface area contributed by atoms with Crippen LogP contribution < -0.4 is 19.7 Å². The van der Waals surface area contributed by atoms with E-state index in [4.69, 9.17) is 9.47 Å². The van der Waals surface area contributed by atoms with Crippen LogP contribution in [0.4, 0.5) is 5.69 Å². The Morgan fingerprint density at radius 1 is 1.03 bits per heavy atom. The van der Waals surface area contributed by atoms with Gasteiger partial charge in [0.05, 0.1) is 7.11 Å². The molecule has 2 N–H and O–H groups in total. The number of nitrogens with zero attached hydrogens (tertiary/aromatic N) is 2. The van der Waals surface area contributed by atoms with E-state index in [0.717, 1.165) is 31.9 Å². The number of nitrogens with one attached hydrogen (secondary N) is 1. The van der Waals surface area contributed by atoms with Crippen LogP contribution in [0.1, 0.15) is 31.1 Å². The molecule has 1 amide bonds. The topological polar surface area (TPSA) is 74.3 Å². The van der Waals surface area contributed by atoms with Gasteiger partial charge in [0.25, 0.3) is 5.91 Å². The van der Waals surface area contributed by atoms with E-state index in [1.165, 1.54) is 0 Å². The zero-order chi connectivity index (χ0) is 26.4. The molecule has 4 rings (SSSR count). The Kier molecular flexibility index (Phi) is 8.56. The Bertz CT molecular complexity index is 1180. The molecule has 0 spiro atoms. The van der Waals surface area contributed by atoms with Gasteiger partial charge in [-0.15, -0.1) is 0 Å². The highest BCUT2D eigenvalue weighted by atomic mass is 16.5. The molecule has 3 aromatic carbocycles. The Hall–Kier alpha value is -3.71. The first-order valence-electron chi connectivity index (χ1n) is 12.8. The number of amides is 1. The van der Waals surface area contributed by atoms with E-state index in [-0.39, 0.29) is 23.6 Å². The highest BCUT2D eigenvalue weighted by molar-refractivity contribution is 5.94. The summed E-state index contributed by atoms with van der Waals surface area (Å²) in [6.07, 6.45) is 0. The number of methoxy groups -OCH3 is 1. The van der Waals surface area contributed by atoms with Gasteiger partial charge in [0.2, 0.25) is 0 Å². The molecule has 0 radical (unpaired) electrons. The van der Waals surface area contributed by atoms with E-state index < -0.39 is 0 Å². The molecule has 0 bridgehead atoms. The SMILES string of the molecule is COc1ccccc1Oc1ccc(C(=O)NC(CN2CCN(c3cccc(O)c3)[C@@H](C)C2)C(C)C)cc1. The molecule has 1 aliphatic heterocycles. The molecule has 0 aliphatic carbocycles. The van der Waals surface area contributed by atoms with Crippen molar-refractivity contribution >= 4 is 11.6 Å². The summed E-state index contributed by atoms with van der Waals surface area (Å²) >= 11 is 0. The average Bonchev–Trinajstić information content (AvgIpc) is 2.89. The monoisotopic (exact) mass is 503 g/mol. The van der Waals surface area contributed by atoms with Crippen LogP contribution in [-0.4, -0.2) is 61.3 Å². The van der Waals surface area contributed by atoms with Crippen molar-refractivity contribution in [3.8, 4) is 23.0 Å². The van der Waals surface area contributed by atoms with Gasteiger partial charge in [0.15, 0.2) is 11.5 Å². The number of para-hydroxylation sites is 2. The lowest BCUT2D eigenvalue weighted by molar-refractivity contribution is 0.0903. The summed E-state index contributed by atoms with van der Waals surface area (Å²) in [5, 5.41) is 13.1. The minimum atomic E-state index is -0.0889. The molecular weight excluding hydrogens is 466 g/mol. The van der Waals surface area contributed by atoms with E-state index >= 15 is 0 Å². The van der Waals surface area contributed by atoms with Gasteiger partial charge in [-0.05, 0) is 61.4 Å². The van der Waals surface area contributed by atoms with Crippen molar-refractivity contribution < 1.29 is 19.4 Å². The number of benzene rings is 3. The van der Waals surface area contributed by atoms with Crippen LogP contribution in [0.15, 0.2) is 72.8 Å². The van der Waals surface area contributed by atoms with Crippen LogP contribution in [0, 0.1) is 5.92 Å². The molecule has 1 fully saturated rings. The molecule has 196 valence electrons. The third-order valence-electron chi connectivity index (χ3n) is 6.86. The van der Waals surface area contributed by atoms with Crippen molar-refractivity contribution in [3.63, 3.8) is 0 Å². The molecule has 37 heavy (non-hydrogen) atoms. The Morgan fingerprint density at radius 3 is 2.41 bits per heavy atom. The summed E-state index contributed by atoms with van der Waals surface area (Å²) in [7, 11) is 1.61. The molecule has 1 heterocycles. The lowest BCUT2D eigenvalue weighted by Gasteiger charge is -2.42. The molecule has 1 unspecified atom stereocenters. The molecule has 0 saturated carbocycles. The fourth-order valence-corrected chi connectivity index (χ4v) is 4.71. The number of carbonyl (C=O) groups is 1. The number of ether oxygens (including phenoxy) is 2. The number of carbonyl (C=O) groups excluding carboxylic acids is 1. The second-order valence-corrected chi connectivity index (χ2v) is 9.92. The number of rotatable bonds is 9. The largest absolute Gasteiger partial charge is 0.508 e. The Morgan fingerprint density at radius 2 is 1.76 bits per heavy atom. The molecule has 3 aromatic rings. The zero-order valence-corrected chi connectivity index (χ0v) is 22.1. The van der Waals surface area contributed by atoms with Crippen LogP contribution in [0.25, 0.3) is 0 Å². The quantitative estimate of drug-likeness (QED) is 0.420. The van der Waals surface area contributed by atoms with Gasteiger partial charge >= 0.3 is 0 Å². The second-order valence-electron chi connectivity index (χ2n) is 9.92. The van der Waals surface area contributed by atoms with Crippen molar-refractivity contribution in [1.82, 2.24) is 10.2 Å². The molecule has 2 atom stereocenters. The highest BCUT2D eigenvalue weighted by Gasteiger charge is 2.27. The summed E-state index contributed by atoms with van der Waals surface area (Å²) in [5.41, 5.74) is 1.64. The first kappa shape index (κ1) is 26.4. The summed E-state index contributed by atoms with van der Waals surface area (Å²) in [6.45, 7) is 9.93. The van der Waals surface area contributed by atoms with Crippen LogP contribution in [0.5, 0.6) is 23.0 Å². The number of phenols is 1.